The number of hydrogen-bond acceptors (Lipinski definition) is 7. The van der Waals surface area contributed by atoms with Crippen molar-refractivity contribution in [3.63, 3.8) is 0 Å². The van der Waals surface area contributed by atoms with Gasteiger partial charge in [0.1, 0.15) is 5.92 Å². The summed E-state index contributed by atoms with van der Waals surface area (Å²) in [6, 6.07) is 13.6. The first-order valence-corrected chi connectivity index (χ1v) is 13.3. The molecule has 1 aliphatic carbocycles. The predicted octanol–water partition coefficient (Wildman–Crippen LogP) is 5.48. The lowest BCUT2D eigenvalue weighted by Crippen LogP contribution is -2.38. The Morgan fingerprint density at radius 3 is 2.37 bits per heavy atom. The molecule has 3 aromatic rings. The Labute approximate surface area is 237 Å². The number of amides is 2. The minimum absolute atomic E-state index is 0.142. The van der Waals surface area contributed by atoms with Gasteiger partial charge in [0.25, 0.3) is 11.8 Å². The van der Waals surface area contributed by atoms with Crippen molar-refractivity contribution in [2.45, 2.75) is 47.0 Å². The van der Waals surface area contributed by atoms with Crippen LogP contribution >= 0.6 is 0 Å². The third-order valence-corrected chi connectivity index (χ3v) is 6.52. The predicted molar refractivity (Wildman–Crippen MR) is 151 cm³/mol. The summed E-state index contributed by atoms with van der Waals surface area (Å²) < 4.78 is 32.7. The number of anilines is 3. The number of hydrogen-bond donors (Lipinski definition) is 2. The van der Waals surface area contributed by atoms with Crippen molar-refractivity contribution >= 4 is 35.1 Å². The molecule has 1 heterocycles. The molecule has 0 bridgehead atoms. The number of alkyl halides is 2. The second-order valence-electron chi connectivity index (χ2n) is 10.9. The van der Waals surface area contributed by atoms with Crippen molar-refractivity contribution in [2.75, 3.05) is 23.5 Å². The SMILES string of the molecule is CCNC(=O)c1ccc(Nc2nccc(-c3ccc(N(COC(=O)C(C)(C)C)C(=O)C4CC4(F)F)cc3)n2)cc1C. The lowest BCUT2D eigenvalue weighted by atomic mass is 9.97. The van der Waals surface area contributed by atoms with E-state index in [4.69, 9.17) is 4.74 Å². The standard InChI is InChI=1S/C30H33F2N5O4/c1-6-33-25(38)22-12-9-20(15-18(22)2)35-28-34-14-13-24(36-28)19-7-10-21(11-8-19)37(17-41-27(40)29(3,4)5)26(39)23-16-30(23,31)32/h7-15,23H,6,16-17H2,1-5H3,(H,33,38)(H,34,35,36). The Hall–Kier alpha value is -4.41. The quantitative estimate of drug-likeness (QED) is 0.261. The van der Waals surface area contributed by atoms with Crippen LogP contribution in [0.15, 0.2) is 54.7 Å². The summed E-state index contributed by atoms with van der Waals surface area (Å²) in [5.74, 6) is -5.66. The Morgan fingerprint density at radius 2 is 1.78 bits per heavy atom. The van der Waals surface area contributed by atoms with Gasteiger partial charge in [0.2, 0.25) is 11.9 Å². The van der Waals surface area contributed by atoms with Crippen LogP contribution in [-0.2, 0) is 14.3 Å². The largest absolute Gasteiger partial charge is 0.443 e. The van der Waals surface area contributed by atoms with Gasteiger partial charge < -0.3 is 15.4 Å². The number of carbonyl (C=O) groups is 3. The molecular formula is C30H33F2N5O4. The zero-order valence-corrected chi connectivity index (χ0v) is 23.6. The Bertz CT molecular complexity index is 1450. The summed E-state index contributed by atoms with van der Waals surface area (Å²) in [5, 5.41) is 5.92. The van der Waals surface area contributed by atoms with Crippen LogP contribution in [0.3, 0.4) is 0 Å². The van der Waals surface area contributed by atoms with Crippen molar-refractivity contribution < 1.29 is 27.9 Å². The Morgan fingerprint density at radius 1 is 1.10 bits per heavy atom. The zero-order valence-electron chi connectivity index (χ0n) is 23.6. The molecule has 1 fully saturated rings. The second kappa shape index (κ2) is 11.6. The van der Waals surface area contributed by atoms with E-state index in [2.05, 4.69) is 20.6 Å². The fourth-order valence-electron chi connectivity index (χ4n) is 4.05. The van der Waals surface area contributed by atoms with Gasteiger partial charge >= 0.3 is 5.97 Å². The molecule has 0 aliphatic heterocycles. The molecule has 2 aromatic carbocycles. The average Bonchev–Trinajstić information content (AvgIpc) is 3.56. The van der Waals surface area contributed by atoms with E-state index >= 15 is 0 Å². The van der Waals surface area contributed by atoms with Crippen LogP contribution in [0.25, 0.3) is 11.3 Å². The van der Waals surface area contributed by atoms with Crippen LogP contribution < -0.4 is 15.5 Å². The zero-order chi connectivity index (χ0) is 29.9. The molecule has 0 saturated heterocycles. The maximum atomic E-state index is 13.7. The third-order valence-electron chi connectivity index (χ3n) is 6.52. The maximum absolute atomic E-state index is 13.7. The average molecular weight is 566 g/mol. The van der Waals surface area contributed by atoms with Gasteiger partial charge in [-0.2, -0.15) is 0 Å². The highest BCUT2D eigenvalue weighted by atomic mass is 19.3. The first kappa shape index (κ1) is 29.6. The number of nitrogens with zero attached hydrogens (tertiary/aromatic N) is 3. The van der Waals surface area contributed by atoms with Gasteiger partial charge in [0.15, 0.2) is 6.73 Å². The van der Waals surface area contributed by atoms with Crippen molar-refractivity contribution in [3.8, 4) is 11.3 Å². The van der Waals surface area contributed by atoms with Gasteiger partial charge in [0, 0.05) is 41.7 Å². The van der Waals surface area contributed by atoms with Crippen LogP contribution in [0.4, 0.5) is 26.1 Å². The lowest BCUT2D eigenvalue weighted by Gasteiger charge is -2.25. The molecule has 0 spiro atoms. The molecule has 4 rings (SSSR count). The monoisotopic (exact) mass is 565 g/mol. The number of halogens is 2. The molecule has 2 amide bonds. The van der Waals surface area contributed by atoms with Crippen LogP contribution in [0.5, 0.6) is 0 Å². The number of carbonyl (C=O) groups excluding carboxylic acids is 3. The molecular weight excluding hydrogens is 532 g/mol. The molecule has 41 heavy (non-hydrogen) atoms. The molecule has 2 N–H and O–H groups in total. The Balaban J connectivity index is 1.51. The third kappa shape index (κ3) is 7.03. The summed E-state index contributed by atoms with van der Waals surface area (Å²) >= 11 is 0. The van der Waals surface area contributed by atoms with Gasteiger partial charge in [-0.05, 0) is 76.6 Å². The highest BCUT2D eigenvalue weighted by molar-refractivity contribution is 5.98. The molecule has 1 aromatic heterocycles. The molecule has 9 nitrogen and oxygen atoms in total. The van der Waals surface area contributed by atoms with Crippen molar-refractivity contribution in [3.05, 3.63) is 65.9 Å². The van der Waals surface area contributed by atoms with Crippen LogP contribution in [0.1, 0.15) is 50.0 Å². The van der Waals surface area contributed by atoms with Gasteiger partial charge in [-0.3, -0.25) is 19.3 Å². The molecule has 1 atom stereocenters. The minimum Gasteiger partial charge on any atom is -0.443 e. The highest BCUT2D eigenvalue weighted by Gasteiger charge is 2.62. The van der Waals surface area contributed by atoms with Crippen LogP contribution in [-0.4, -0.2) is 46.9 Å². The molecule has 1 aliphatic rings. The number of aromatic nitrogens is 2. The van der Waals surface area contributed by atoms with E-state index in [1.54, 1.807) is 69.4 Å². The first-order valence-electron chi connectivity index (χ1n) is 13.3. The molecule has 1 saturated carbocycles. The van der Waals surface area contributed by atoms with Gasteiger partial charge in [0.05, 0.1) is 11.1 Å². The summed E-state index contributed by atoms with van der Waals surface area (Å²) in [7, 11) is 0. The number of aryl methyl sites for hydroxylation is 1. The molecule has 1 unspecified atom stereocenters. The van der Waals surface area contributed by atoms with E-state index in [1.807, 2.05) is 19.9 Å². The number of nitrogens with one attached hydrogen (secondary N) is 2. The minimum atomic E-state index is -3.06. The van der Waals surface area contributed by atoms with Crippen molar-refractivity contribution in [2.24, 2.45) is 11.3 Å². The van der Waals surface area contributed by atoms with Crippen molar-refractivity contribution in [1.82, 2.24) is 15.3 Å². The van der Waals surface area contributed by atoms with Gasteiger partial charge in [-0.1, -0.05) is 12.1 Å². The molecule has 216 valence electrons. The summed E-state index contributed by atoms with van der Waals surface area (Å²) in [6.07, 6.45) is 1.06. The van der Waals surface area contributed by atoms with E-state index in [1.165, 1.54) is 0 Å². The number of ether oxygens (including phenoxy) is 1. The maximum Gasteiger partial charge on any atom is 0.312 e. The second-order valence-corrected chi connectivity index (χ2v) is 10.9. The smallest absolute Gasteiger partial charge is 0.312 e. The van der Waals surface area contributed by atoms with Crippen LogP contribution in [0, 0.1) is 18.3 Å². The van der Waals surface area contributed by atoms with E-state index in [-0.39, 0.29) is 5.91 Å². The van der Waals surface area contributed by atoms with Crippen LogP contribution in [0.2, 0.25) is 0 Å². The topological polar surface area (TPSA) is 114 Å². The lowest BCUT2D eigenvalue weighted by molar-refractivity contribution is -0.153. The van der Waals surface area contributed by atoms with Gasteiger partial charge in [-0.25, -0.2) is 18.7 Å². The van der Waals surface area contributed by atoms with E-state index in [0.717, 1.165) is 10.5 Å². The molecule has 0 radical (unpaired) electrons. The molecule has 11 heteroatoms. The fraction of sp³-hybridized carbons (Fsp3) is 0.367. The summed E-state index contributed by atoms with van der Waals surface area (Å²) in [5.41, 5.74) is 2.86. The highest BCUT2D eigenvalue weighted by Crippen LogP contribution is 2.50. The first-order chi connectivity index (χ1) is 19.3. The number of esters is 1. The van der Waals surface area contributed by atoms with Gasteiger partial charge in [-0.15, -0.1) is 0 Å². The van der Waals surface area contributed by atoms with E-state index in [0.29, 0.717) is 40.7 Å². The number of rotatable bonds is 9. The van der Waals surface area contributed by atoms with E-state index < -0.39 is 42.3 Å². The normalized spacial score (nSPS) is 15.5. The fourth-order valence-corrected chi connectivity index (χ4v) is 4.05. The summed E-state index contributed by atoms with van der Waals surface area (Å²) in [6.45, 7) is 8.76. The summed E-state index contributed by atoms with van der Waals surface area (Å²) in [4.78, 5) is 47.2. The van der Waals surface area contributed by atoms with E-state index in [9.17, 15) is 23.2 Å². The Kier molecular flexibility index (Phi) is 8.37. The number of benzene rings is 2. The van der Waals surface area contributed by atoms with Crippen molar-refractivity contribution in [1.29, 1.82) is 0 Å².